The number of carbonyl (C=O) groups is 2. The molecule has 6 fully saturated rings. The lowest BCUT2D eigenvalue weighted by molar-refractivity contribution is -0.576. The largest absolute Gasteiger partial charge is 0.435 e. The Labute approximate surface area is 195 Å². The molecule has 33 heavy (non-hydrogen) atoms. The van der Waals surface area contributed by atoms with E-state index in [2.05, 4.69) is 12.2 Å². The molecule has 0 unspecified atom stereocenters. The maximum absolute atomic E-state index is 12.6. The molecule has 5 aliphatic heterocycles. The van der Waals surface area contributed by atoms with Gasteiger partial charge in [0, 0.05) is 37.8 Å². The third-order valence-electron chi connectivity index (χ3n) is 8.45. The number of carbonyl (C=O) groups excluding carboxylic acids is 2. The molecule has 9 atom stereocenters. The summed E-state index contributed by atoms with van der Waals surface area (Å²) >= 11 is 0. The van der Waals surface area contributed by atoms with Gasteiger partial charge in [-0.15, -0.1) is 0 Å². The summed E-state index contributed by atoms with van der Waals surface area (Å²) in [6, 6.07) is 0. The fourth-order valence-electron chi connectivity index (χ4n) is 6.53. The minimum absolute atomic E-state index is 0.00224. The average Bonchev–Trinajstić information content (AvgIpc) is 3.21. The highest BCUT2D eigenvalue weighted by Gasteiger charge is 2.69. The van der Waals surface area contributed by atoms with Crippen molar-refractivity contribution in [1.82, 2.24) is 5.32 Å². The van der Waals surface area contributed by atoms with Gasteiger partial charge in [-0.05, 0) is 50.9 Å². The van der Waals surface area contributed by atoms with Gasteiger partial charge in [-0.3, -0.25) is 9.59 Å². The van der Waals surface area contributed by atoms with Crippen molar-refractivity contribution in [1.29, 1.82) is 0 Å². The zero-order valence-corrected chi connectivity index (χ0v) is 19.9. The molecule has 0 aromatic rings. The molecule has 1 amide bonds. The van der Waals surface area contributed by atoms with Crippen LogP contribution in [0.15, 0.2) is 0 Å². The molecule has 0 radical (unpaired) electrons. The van der Waals surface area contributed by atoms with E-state index in [4.69, 9.17) is 28.7 Å². The van der Waals surface area contributed by atoms with Crippen molar-refractivity contribution in [3.63, 3.8) is 0 Å². The van der Waals surface area contributed by atoms with E-state index >= 15 is 0 Å². The Bertz CT molecular complexity index is 757. The van der Waals surface area contributed by atoms with Gasteiger partial charge in [-0.25, -0.2) is 9.78 Å². The van der Waals surface area contributed by atoms with Crippen molar-refractivity contribution < 1.29 is 38.3 Å². The highest BCUT2D eigenvalue weighted by molar-refractivity contribution is 5.81. The molecule has 5 saturated heterocycles. The lowest BCUT2D eigenvalue weighted by atomic mass is 9.58. The summed E-state index contributed by atoms with van der Waals surface area (Å²) in [5, 5.41) is 2.84. The molecule has 0 aromatic carbocycles. The topological polar surface area (TPSA) is 102 Å². The highest BCUT2D eigenvalue weighted by atomic mass is 17.3. The molecule has 1 N–H and O–H groups in total. The first-order valence-electron chi connectivity index (χ1n) is 12.6. The number of hydrogen-bond acceptors (Lipinski definition) is 8. The Hall–Kier alpha value is -1.26. The Morgan fingerprint density at radius 1 is 1.06 bits per heavy atom. The zero-order valence-electron chi connectivity index (χ0n) is 19.9. The minimum Gasteiger partial charge on any atom is -0.435 e. The highest BCUT2D eigenvalue weighted by Crippen LogP contribution is 2.60. The van der Waals surface area contributed by atoms with E-state index in [0.29, 0.717) is 12.5 Å². The first kappa shape index (κ1) is 23.5. The lowest BCUT2D eigenvalue weighted by Gasteiger charge is -2.59. The summed E-state index contributed by atoms with van der Waals surface area (Å²) in [6.45, 7) is 7.40. The van der Waals surface area contributed by atoms with Crippen LogP contribution < -0.4 is 5.32 Å². The van der Waals surface area contributed by atoms with Gasteiger partial charge in [0.15, 0.2) is 11.9 Å². The van der Waals surface area contributed by atoms with Crippen LogP contribution in [-0.4, -0.2) is 55.1 Å². The minimum atomic E-state index is -0.867. The number of hydrogen-bond donors (Lipinski definition) is 1. The maximum Gasteiger partial charge on any atom is 0.308 e. The first-order chi connectivity index (χ1) is 15.8. The molecule has 186 valence electrons. The molecule has 9 heteroatoms. The Kier molecular flexibility index (Phi) is 6.46. The third kappa shape index (κ3) is 4.31. The second kappa shape index (κ2) is 9.07. The summed E-state index contributed by atoms with van der Waals surface area (Å²) in [5.41, 5.74) is -0.682. The van der Waals surface area contributed by atoms with Crippen molar-refractivity contribution >= 4 is 11.9 Å². The molecule has 2 bridgehead atoms. The zero-order chi connectivity index (χ0) is 23.2. The van der Waals surface area contributed by atoms with E-state index in [-0.39, 0.29) is 42.6 Å². The van der Waals surface area contributed by atoms with Gasteiger partial charge in [0.25, 0.3) is 0 Å². The molecule has 9 nitrogen and oxygen atoms in total. The van der Waals surface area contributed by atoms with Crippen LogP contribution in [0, 0.1) is 23.7 Å². The van der Waals surface area contributed by atoms with Crippen LogP contribution in [0.1, 0.15) is 72.1 Å². The van der Waals surface area contributed by atoms with Crippen LogP contribution in [0.3, 0.4) is 0 Å². The molecule has 1 spiro atoms. The second-order valence-corrected chi connectivity index (χ2v) is 10.7. The van der Waals surface area contributed by atoms with E-state index in [1.165, 1.54) is 0 Å². The fourth-order valence-corrected chi connectivity index (χ4v) is 6.53. The van der Waals surface area contributed by atoms with E-state index in [1.807, 2.05) is 13.8 Å². The van der Waals surface area contributed by atoms with Crippen molar-refractivity contribution in [3.05, 3.63) is 0 Å². The summed E-state index contributed by atoms with van der Waals surface area (Å²) < 4.78 is 23.8. The molecule has 1 aliphatic carbocycles. The Morgan fingerprint density at radius 2 is 1.91 bits per heavy atom. The Balaban J connectivity index is 1.20. The van der Waals surface area contributed by atoms with Crippen molar-refractivity contribution in [2.75, 3.05) is 13.2 Å². The van der Waals surface area contributed by atoms with Gasteiger partial charge in [0.1, 0.15) is 0 Å². The third-order valence-corrected chi connectivity index (χ3v) is 8.45. The van der Waals surface area contributed by atoms with Crippen molar-refractivity contribution in [2.45, 2.75) is 102 Å². The summed E-state index contributed by atoms with van der Waals surface area (Å²) in [6.07, 6.45) is 4.44. The summed E-state index contributed by atoms with van der Waals surface area (Å²) in [4.78, 5) is 36.6. The SMILES string of the molecule is C[C@H]1[C@H](OC(=O)CCC(=O)NC[C@H]2CCCO2)O[C@@H]2O[C@@]3(C)CC[C@H]4[C@H](C)CC[C@@H]1[C@@]24OO3. The van der Waals surface area contributed by atoms with E-state index < -0.39 is 29.9 Å². The number of esters is 1. The van der Waals surface area contributed by atoms with E-state index in [9.17, 15) is 9.59 Å². The van der Waals surface area contributed by atoms with Crippen LogP contribution in [0.25, 0.3) is 0 Å². The van der Waals surface area contributed by atoms with Crippen LogP contribution >= 0.6 is 0 Å². The molecule has 1 saturated carbocycles. The van der Waals surface area contributed by atoms with Crippen molar-refractivity contribution in [3.8, 4) is 0 Å². The second-order valence-electron chi connectivity index (χ2n) is 10.7. The van der Waals surface area contributed by atoms with Crippen LogP contribution in [0.5, 0.6) is 0 Å². The smallest absolute Gasteiger partial charge is 0.308 e. The number of ether oxygens (including phenoxy) is 4. The number of rotatable bonds is 6. The molecular weight excluding hydrogens is 430 g/mol. The normalized spacial score (nSPS) is 46.3. The Morgan fingerprint density at radius 3 is 2.70 bits per heavy atom. The lowest BCUT2D eigenvalue weighted by Crippen LogP contribution is -2.70. The number of fused-ring (bicyclic) bond motifs is 2. The molecular formula is C24H37NO8. The summed E-state index contributed by atoms with van der Waals surface area (Å²) in [7, 11) is 0. The van der Waals surface area contributed by atoms with Gasteiger partial charge in [-0.1, -0.05) is 13.8 Å². The van der Waals surface area contributed by atoms with Gasteiger partial charge in [0.2, 0.25) is 18.0 Å². The maximum atomic E-state index is 12.6. The molecule has 6 aliphatic rings. The molecule has 6 rings (SSSR count). The number of amides is 1. The summed E-state index contributed by atoms with van der Waals surface area (Å²) in [5.74, 6) is -0.746. The molecule has 0 aromatic heterocycles. The average molecular weight is 468 g/mol. The van der Waals surface area contributed by atoms with Crippen LogP contribution in [-0.2, 0) is 38.3 Å². The van der Waals surface area contributed by atoms with Gasteiger partial charge in [-0.2, -0.15) is 0 Å². The predicted molar refractivity (Wildman–Crippen MR) is 114 cm³/mol. The van der Waals surface area contributed by atoms with Gasteiger partial charge < -0.3 is 24.3 Å². The van der Waals surface area contributed by atoms with Gasteiger partial charge >= 0.3 is 5.97 Å². The number of nitrogens with one attached hydrogen (secondary N) is 1. The first-order valence-corrected chi connectivity index (χ1v) is 12.6. The monoisotopic (exact) mass is 467 g/mol. The fraction of sp³-hybridized carbons (Fsp3) is 0.917. The quantitative estimate of drug-likeness (QED) is 0.470. The van der Waals surface area contributed by atoms with E-state index in [1.54, 1.807) is 0 Å². The van der Waals surface area contributed by atoms with Crippen molar-refractivity contribution in [2.24, 2.45) is 23.7 Å². The van der Waals surface area contributed by atoms with Gasteiger partial charge in [0.05, 0.1) is 12.5 Å². The standard InChI is InChI=1S/C24H37NO8/c1-14-6-7-18-15(2)21(29-20(27)9-8-19(26)25-13-16-5-4-12-28-16)30-22-24(18)17(14)10-11-23(3,31-22)32-33-24/h14-18,21-22H,4-13H2,1-3H3,(H,25,26)/t14-,15-,16-,17+,18+,21-,22-,23-,24-/m1/s1. The molecule has 5 heterocycles. The predicted octanol–water partition coefficient (Wildman–Crippen LogP) is 2.81. The van der Waals surface area contributed by atoms with E-state index in [0.717, 1.165) is 45.1 Å². The van der Waals surface area contributed by atoms with Crippen LogP contribution in [0.4, 0.5) is 0 Å². The van der Waals surface area contributed by atoms with Crippen LogP contribution in [0.2, 0.25) is 0 Å².